The van der Waals surface area contributed by atoms with Gasteiger partial charge < -0.3 is 100 Å². The molecule has 29 heteroatoms. The van der Waals surface area contributed by atoms with Gasteiger partial charge in [-0.05, 0) is 90.0 Å². The van der Waals surface area contributed by atoms with Crippen molar-refractivity contribution in [1.82, 2.24) is 26.6 Å². The summed E-state index contributed by atoms with van der Waals surface area (Å²) in [6.07, 6.45) is 2.08. The van der Waals surface area contributed by atoms with Crippen LogP contribution in [0, 0.1) is 0 Å². The van der Waals surface area contributed by atoms with Crippen molar-refractivity contribution in [2.45, 2.75) is 120 Å². The van der Waals surface area contributed by atoms with Gasteiger partial charge in [0.25, 0.3) is 0 Å². The van der Waals surface area contributed by atoms with Gasteiger partial charge in [-0.15, -0.1) is 0 Å². The van der Waals surface area contributed by atoms with Gasteiger partial charge in [0.15, 0.2) is 29.8 Å². The maximum Gasteiger partial charge on any atom is 0.326 e. The van der Waals surface area contributed by atoms with Crippen molar-refractivity contribution in [3.05, 3.63) is 0 Å². The van der Waals surface area contributed by atoms with Crippen LogP contribution in [-0.2, 0) is 28.8 Å². The van der Waals surface area contributed by atoms with Crippen molar-refractivity contribution in [1.29, 1.82) is 0 Å². The second kappa shape index (κ2) is 33.6. The lowest BCUT2D eigenvalue weighted by Crippen LogP contribution is -2.59. The highest BCUT2D eigenvalue weighted by atomic mass is 16.4. The minimum atomic E-state index is -1.38. The van der Waals surface area contributed by atoms with Gasteiger partial charge >= 0.3 is 5.97 Å². The molecule has 0 aliphatic carbocycles. The summed E-state index contributed by atoms with van der Waals surface area (Å²) in [6.45, 7) is 0.828. The van der Waals surface area contributed by atoms with Crippen LogP contribution in [0.25, 0.3) is 0 Å². The number of guanidine groups is 5. The Kier molecular flexibility index (Phi) is 30.0. The lowest BCUT2D eigenvalue weighted by molar-refractivity contribution is -0.142. The standard InChI is InChI=1S/C36H74N22O7/c37-14-2-1-9-21(55-28(61)22(10-4-16-50-33(41)42)54-26(59)20(38)8-3-15-49-32(39)40)27(60)56-23(11-5-17-51-34(43)44)29(62)57-24(12-6-18-52-35(45)46)30(63)58-25(31(64)65)13-7-19-53-36(47)48/h20-25H,1-19,37-38H2,(H,54,59)(H,55,61)(H,56,60)(H,57,62)(H,58,63)(H,64,65)(H4,39,40,49)(H4,41,42,50)(H4,43,44,51)(H4,45,46,52)(H4,47,48,53)/t20-,21-,22-,23-,24-,25-/m0/s1. The van der Waals surface area contributed by atoms with Crippen LogP contribution >= 0.6 is 0 Å². The van der Waals surface area contributed by atoms with Crippen LogP contribution in [0.1, 0.15) is 83.5 Å². The number of hydrogen-bond donors (Lipinski definition) is 18. The van der Waals surface area contributed by atoms with Gasteiger partial charge in [-0.25, -0.2) is 4.79 Å². The molecule has 0 aromatic carbocycles. The van der Waals surface area contributed by atoms with Crippen LogP contribution in [0.3, 0.4) is 0 Å². The molecule has 0 bridgehead atoms. The van der Waals surface area contributed by atoms with Gasteiger partial charge in [-0.3, -0.25) is 48.9 Å². The molecule has 0 aliphatic rings. The van der Waals surface area contributed by atoms with E-state index in [-0.39, 0.29) is 133 Å². The fourth-order valence-corrected chi connectivity index (χ4v) is 5.86. The quantitative estimate of drug-likeness (QED) is 0.0159. The maximum atomic E-state index is 14.1. The molecule has 0 saturated heterocycles. The first-order chi connectivity index (χ1) is 30.7. The molecule has 65 heavy (non-hydrogen) atoms. The fourth-order valence-electron chi connectivity index (χ4n) is 5.86. The number of aliphatic imine (C=N–C) groups is 5. The first kappa shape index (κ1) is 58.1. The van der Waals surface area contributed by atoms with E-state index >= 15 is 0 Å². The Bertz CT molecular complexity index is 1640. The molecule has 0 radical (unpaired) electrons. The van der Waals surface area contributed by atoms with Crippen LogP contribution in [0.15, 0.2) is 25.0 Å². The summed E-state index contributed by atoms with van der Waals surface area (Å²) in [6, 6.07) is -7.57. The summed E-state index contributed by atoms with van der Waals surface area (Å²) >= 11 is 0. The number of carbonyl (C=O) groups is 6. The molecule has 0 heterocycles. The number of unbranched alkanes of at least 4 members (excludes halogenated alkanes) is 1. The number of nitrogens with zero attached hydrogens (tertiary/aromatic N) is 5. The summed E-state index contributed by atoms with van der Waals surface area (Å²) in [5.41, 5.74) is 66.0. The minimum Gasteiger partial charge on any atom is -0.480 e. The highest BCUT2D eigenvalue weighted by molar-refractivity contribution is 5.96. The largest absolute Gasteiger partial charge is 0.480 e. The van der Waals surface area contributed by atoms with Crippen molar-refractivity contribution in [2.24, 2.45) is 93.8 Å². The molecule has 29 nitrogen and oxygen atoms in total. The van der Waals surface area contributed by atoms with Crippen LogP contribution < -0.4 is 95.4 Å². The van der Waals surface area contributed by atoms with Crippen molar-refractivity contribution >= 4 is 65.3 Å². The molecule has 0 aromatic rings. The van der Waals surface area contributed by atoms with E-state index in [1.54, 1.807) is 0 Å². The molecule has 0 rings (SSSR count). The SMILES string of the molecule is NCCCC[C@H](NC(=O)[C@H](CCCN=C(N)N)NC(=O)[C@@H](N)CCCN=C(N)N)C(=O)N[C@@H](CCCN=C(N)N)C(=O)N[C@@H](CCCN=C(N)N)C(=O)N[C@@H](CCCN=C(N)N)C(=O)O. The van der Waals surface area contributed by atoms with Crippen molar-refractivity contribution in [3.63, 3.8) is 0 Å². The highest BCUT2D eigenvalue weighted by Gasteiger charge is 2.32. The second-order valence-corrected chi connectivity index (χ2v) is 14.8. The average Bonchev–Trinajstić information content (AvgIpc) is 3.22. The number of carbonyl (C=O) groups excluding carboxylic acids is 5. The van der Waals surface area contributed by atoms with Crippen LogP contribution in [0.5, 0.6) is 0 Å². The Morgan fingerprint density at radius 3 is 0.892 bits per heavy atom. The Labute approximate surface area is 378 Å². The Morgan fingerprint density at radius 2 is 0.615 bits per heavy atom. The van der Waals surface area contributed by atoms with Gasteiger partial charge in [-0.1, -0.05) is 0 Å². The zero-order valence-electron chi connectivity index (χ0n) is 37.0. The van der Waals surface area contributed by atoms with Crippen molar-refractivity contribution < 1.29 is 33.9 Å². The highest BCUT2D eigenvalue weighted by Crippen LogP contribution is 2.10. The number of carboxylic acids is 1. The molecule has 370 valence electrons. The molecule has 0 spiro atoms. The predicted molar refractivity (Wildman–Crippen MR) is 248 cm³/mol. The van der Waals surface area contributed by atoms with E-state index in [4.69, 9.17) is 68.8 Å². The first-order valence-electron chi connectivity index (χ1n) is 21.2. The summed E-state index contributed by atoms with van der Waals surface area (Å²) in [7, 11) is 0. The number of carboxylic acid groups (broad SMARTS) is 1. The normalized spacial score (nSPS) is 13.4. The summed E-state index contributed by atoms with van der Waals surface area (Å²) < 4.78 is 0. The fraction of sp³-hybridized carbons (Fsp3) is 0.694. The van der Waals surface area contributed by atoms with Gasteiger partial charge in [0, 0.05) is 32.7 Å². The van der Waals surface area contributed by atoms with Crippen LogP contribution in [0.4, 0.5) is 0 Å². The third-order valence-corrected chi connectivity index (χ3v) is 9.18. The Morgan fingerprint density at radius 1 is 0.369 bits per heavy atom. The van der Waals surface area contributed by atoms with E-state index in [1.165, 1.54) is 0 Å². The predicted octanol–water partition coefficient (Wildman–Crippen LogP) is -7.78. The Hall–Kier alpha value is -6.91. The zero-order chi connectivity index (χ0) is 49.3. The zero-order valence-corrected chi connectivity index (χ0v) is 37.0. The minimum absolute atomic E-state index is 0.0354. The topological polar surface area (TPSA) is 557 Å². The molecular formula is C36H74N22O7. The number of amides is 5. The van der Waals surface area contributed by atoms with Crippen molar-refractivity contribution in [2.75, 3.05) is 39.3 Å². The van der Waals surface area contributed by atoms with Crippen molar-refractivity contribution in [3.8, 4) is 0 Å². The first-order valence-corrected chi connectivity index (χ1v) is 21.2. The van der Waals surface area contributed by atoms with Gasteiger partial charge in [0.05, 0.1) is 6.04 Å². The molecular weight excluding hydrogens is 853 g/mol. The monoisotopic (exact) mass is 927 g/mol. The molecule has 0 unspecified atom stereocenters. The number of hydrogen-bond acceptors (Lipinski definition) is 13. The average molecular weight is 927 g/mol. The van der Waals surface area contributed by atoms with Gasteiger partial charge in [0.2, 0.25) is 29.5 Å². The van der Waals surface area contributed by atoms with Gasteiger partial charge in [0.1, 0.15) is 30.2 Å². The van der Waals surface area contributed by atoms with E-state index in [0.717, 1.165) is 0 Å². The smallest absolute Gasteiger partial charge is 0.326 e. The van der Waals surface area contributed by atoms with Crippen LogP contribution in [-0.4, -0.2) is 146 Å². The summed E-state index contributed by atoms with van der Waals surface area (Å²) in [5, 5.41) is 22.9. The number of nitrogens with two attached hydrogens (primary N) is 12. The third kappa shape index (κ3) is 29.2. The molecule has 0 aromatic heterocycles. The molecule has 0 saturated carbocycles. The summed E-state index contributed by atoms with van der Waals surface area (Å²) in [4.78, 5) is 100. The maximum absolute atomic E-state index is 14.1. The lowest BCUT2D eigenvalue weighted by Gasteiger charge is -2.27. The third-order valence-electron chi connectivity index (χ3n) is 9.18. The van der Waals surface area contributed by atoms with E-state index in [0.29, 0.717) is 19.3 Å². The molecule has 5 amide bonds. The molecule has 0 aliphatic heterocycles. The number of rotatable bonds is 35. The number of aliphatic carboxylic acids is 1. The van der Waals surface area contributed by atoms with Gasteiger partial charge in [-0.2, -0.15) is 0 Å². The number of nitrogens with one attached hydrogen (secondary N) is 5. The summed E-state index contributed by atoms with van der Waals surface area (Å²) in [5.74, 6) is -6.14. The van der Waals surface area contributed by atoms with E-state index in [2.05, 4.69) is 51.5 Å². The van der Waals surface area contributed by atoms with E-state index < -0.39 is 71.8 Å². The van der Waals surface area contributed by atoms with Crippen LogP contribution in [0.2, 0.25) is 0 Å². The van der Waals surface area contributed by atoms with E-state index in [1.807, 2.05) is 0 Å². The van der Waals surface area contributed by atoms with E-state index in [9.17, 15) is 33.9 Å². The Balaban J connectivity index is 6.63. The molecule has 0 fully saturated rings. The second-order valence-electron chi connectivity index (χ2n) is 14.8. The lowest BCUT2D eigenvalue weighted by atomic mass is 10.0. The molecule has 30 N–H and O–H groups in total. The molecule has 6 atom stereocenters.